The maximum Gasteiger partial charge on any atom is 0.405 e. The largest absolute Gasteiger partial charge is 0.496 e. The zero-order valence-electron chi connectivity index (χ0n) is 21.2. The molecule has 5 N–H and O–H groups in total. The molecule has 0 spiro atoms. The Morgan fingerprint density at radius 2 is 1.81 bits per heavy atom. The minimum atomic E-state index is -1.01. The zero-order valence-corrected chi connectivity index (χ0v) is 22.0. The third kappa shape index (κ3) is 7.51. The predicted octanol–water partition coefficient (Wildman–Crippen LogP) is 4.90. The molecular formula is C27H37ClN4O4. The van der Waals surface area contributed by atoms with Crippen molar-refractivity contribution >= 4 is 29.3 Å². The third-order valence-corrected chi connectivity index (χ3v) is 7.19. The highest BCUT2D eigenvalue weighted by Gasteiger charge is 2.23. The number of rotatable bonds is 10. The number of carbonyl (C=O) groups excluding carboxylic acids is 1. The summed E-state index contributed by atoms with van der Waals surface area (Å²) < 4.78 is 5.28. The van der Waals surface area contributed by atoms with E-state index in [1.165, 1.54) is 18.7 Å². The first kappa shape index (κ1) is 27.6. The molecule has 8 nitrogen and oxygen atoms in total. The highest BCUT2D eigenvalue weighted by molar-refractivity contribution is 6.33. The summed E-state index contributed by atoms with van der Waals surface area (Å²) in [5, 5.41) is 15.3. The van der Waals surface area contributed by atoms with Gasteiger partial charge in [-0.1, -0.05) is 49.7 Å². The number of piperidine rings is 1. The summed E-state index contributed by atoms with van der Waals surface area (Å²) in [7, 11) is 1.49. The number of methoxy groups -OCH3 is 1. The van der Waals surface area contributed by atoms with Crippen molar-refractivity contribution in [2.75, 3.05) is 39.0 Å². The fourth-order valence-corrected chi connectivity index (χ4v) is 4.72. The van der Waals surface area contributed by atoms with E-state index in [-0.39, 0.29) is 11.9 Å². The molecular weight excluding hydrogens is 480 g/mol. The molecule has 1 aliphatic heterocycles. The first-order valence-electron chi connectivity index (χ1n) is 12.4. The van der Waals surface area contributed by atoms with Gasteiger partial charge in [-0.05, 0) is 61.4 Å². The molecule has 2 amide bonds. The normalized spacial score (nSPS) is 15.5. The van der Waals surface area contributed by atoms with Gasteiger partial charge in [-0.25, -0.2) is 4.79 Å². The molecule has 1 atom stereocenters. The summed E-state index contributed by atoms with van der Waals surface area (Å²) in [6, 6.07) is 11.0. The summed E-state index contributed by atoms with van der Waals surface area (Å²) in [6.07, 6.45) is 1.60. The number of nitrogen functional groups attached to an aromatic ring is 1. The van der Waals surface area contributed by atoms with E-state index in [4.69, 9.17) is 22.1 Å². The molecule has 9 heteroatoms. The Kier molecular flexibility index (Phi) is 9.84. The summed E-state index contributed by atoms with van der Waals surface area (Å²) in [5.74, 6) is 0.967. The number of nitrogens with two attached hydrogens (primary N) is 1. The molecule has 196 valence electrons. The Morgan fingerprint density at radius 3 is 2.39 bits per heavy atom. The van der Waals surface area contributed by atoms with Crippen LogP contribution in [-0.2, 0) is 0 Å². The van der Waals surface area contributed by atoms with E-state index < -0.39 is 6.09 Å². The lowest BCUT2D eigenvalue weighted by Crippen LogP contribution is -2.40. The number of hydrogen-bond acceptors (Lipinski definition) is 5. The molecule has 0 bridgehead atoms. The Balaban J connectivity index is 1.48. The third-order valence-electron chi connectivity index (χ3n) is 6.86. The fourth-order valence-electron chi connectivity index (χ4n) is 4.56. The Hall–Kier alpha value is -2.97. The second kappa shape index (κ2) is 12.8. The minimum absolute atomic E-state index is 0.234. The number of hydrogen-bond donors (Lipinski definition) is 4. The number of carbonyl (C=O) groups is 2. The van der Waals surface area contributed by atoms with Crippen molar-refractivity contribution in [1.82, 2.24) is 15.5 Å². The second-order valence-corrected chi connectivity index (χ2v) is 10.1. The molecule has 0 saturated carbocycles. The quantitative estimate of drug-likeness (QED) is 0.334. The van der Waals surface area contributed by atoms with Crippen LogP contribution in [0.5, 0.6) is 5.75 Å². The molecule has 0 radical (unpaired) electrons. The molecule has 0 aliphatic carbocycles. The molecule has 0 aromatic heterocycles. The van der Waals surface area contributed by atoms with E-state index in [1.807, 2.05) is 12.1 Å². The van der Waals surface area contributed by atoms with Crippen molar-refractivity contribution in [2.24, 2.45) is 5.92 Å². The van der Waals surface area contributed by atoms with Gasteiger partial charge in [0, 0.05) is 19.2 Å². The fraction of sp³-hybridized carbons (Fsp3) is 0.481. The van der Waals surface area contributed by atoms with Crippen molar-refractivity contribution in [3.8, 4) is 5.75 Å². The van der Waals surface area contributed by atoms with E-state index in [1.54, 1.807) is 6.07 Å². The van der Waals surface area contributed by atoms with Gasteiger partial charge in [0.15, 0.2) is 0 Å². The van der Waals surface area contributed by atoms with Gasteiger partial charge < -0.3 is 31.1 Å². The van der Waals surface area contributed by atoms with Crippen LogP contribution in [0.3, 0.4) is 0 Å². The number of nitrogens with zero attached hydrogens (tertiary/aromatic N) is 1. The Morgan fingerprint density at radius 1 is 1.17 bits per heavy atom. The Bertz CT molecular complexity index is 1040. The topological polar surface area (TPSA) is 117 Å². The number of amides is 2. The maximum atomic E-state index is 12.7. The van der Waals surface area contributed by atoms with Crippen LogP contribution in [0.25, 0.3) is 0 Å². The van der Waals surface area contributed by atoms with Crippen molar-refractivity contribution in [2.45, 2.75) is 45.1 Å². The van der Waals surface area contributed by atoms with Crippen LogP contribution in [0.2, 0.25) is 5.02 Å². The average Bonchev–Trinajstić information content (AvgIpc) is 2.86. The summed E-state index contributed by atoms with van der Waals surface area (Å²) in [5.41, 5.74) is 8.76. The Labute approximate surface area is 218 Å². The molecule has 1 heterocycles. The lowest BCUT2D eigenvalue weighted by molar-refractivity contribution is 0.0932. The van der Waals surface area contributed by atoms with Gasteiger partial charge in [-0.15, -0.1) is 0 Å². The molecule has 1 fully saturated rings. The van der Waals surface area contributed by atoms with E-state index in [0.717, 1.165) is 38.0 Å². The second-order valence-electron chi connectivity index (χ2n) is 9.68. The molecule has 1 unspecified atom stereocenters. The first-order valence-corrected chi connectivity index (χ1v) is 12.8. The highest BCUT2D eigenvalue weighted by Crippen LogP contribution is 2.29. The number of carboxylic acid groups (broad SMARTS) is 1. The van der Waals surface area contributed by atoms with E-state index in [9.17, 15) is 14.7 Å². The van der Waals surface area contributed by atoms with Gasteiger partial charge in [0.25, 0.3) is 5.91 Å². The number of likely N-dealkylation sites (tertiary alicyclic amines) is 1. The number of halogens is 1. The maximum absolute atomic E-state index is 12.7. The van der Waals surface area contributed by atoms with E-state index in [0.29, 0.717) is 46.8 Å². The van der Waals surface area contributed by atoms with Gasteiger partial charge in [0.2, 0.25) is 0 Å². The number of benzene rings is 2. The van der Waals surface area contributed by atoms with Crippen molar-refractivity contribution in [3.05, 3.63) is 58.1 Å². The molecule has 3 rings (SSSR count). The standard InChI is InChI=1S/C27H37ClN4O4/c1-17(2)19-4-6-20(7-5-19)24(31-27(34)35)10-13-32-11-8-18(9-12-32)16-30-26(33)21-14-22(28)23(29)15-25(21)36-3/h4-7,14-15,17-18,24,31H,8-13,16,29H2,1-3H3,(H,30,33)(H,34,35). The summed E-state index contributed by atoms with van der Waals surface area (Å²) in [4.78, 5) is 26.4. The lowest BCUT2D eigenvalue weighted by atomic mass is 9.95. The van der Waals surface area contributed by atoms with Gasteiger partial charge in [-0.2, -0.15) is 0 Å². The molecule has 1 aliphatic rings. The molecule has 1 saturated heterocycles. The van der Waals surface area contributed by atoms with Crippen molar-refractivity contribution in [3.63, 3.8) is 0 Å². The van der Waals surface area contributed by atoms with Crippen LogP contribution in [0, 0.1) is 5.92 Å². The van der Waals surface area contributed by atoms with Gasteiger partial charge in [-0.3, -0.25) is 4.79 Å². The molecule has 2 aromatic rings. The minimum Gasteiger partial charge on any atom is -0.496 e. The number of nitrogens with one attached hydrogen (secondary N) is 2. The van der Waals surface area contributed by atoms with Crippen LogP contribution in [0.15, 0.2) is 36.4 Å². The van der Waals surface area contributed by atoms with Crippen molar-refractivity contribution in [1.29, 1.82) is 0 Å². The highest BCUT2D eigenvalue weighted by atomic mass is 35.5. The average molecular weight is 517 g/mol. The first-order chi connectivity index (χ1) is 17.2. The molecule has 2 aromatic carbocycles. The zero-order chi connectivity index (χ0) is 26.2. The monoisotopic (exact) mass is 516 g/mol. The molecule has 36 heavy (non-hydrogen) atoms. The number of ether oxygens (including phenoxy) is 1. The SMILES string of the molecule is COc1cc(N)c(Cl)cc1C(=O)NCC1CCN(CCC(NC(=O)O)c2ccc(C(C)C)cc2)CC1. The smallest absolute Gasteiger partial charge is 0.405 e. The van der Waals surface area contributed by atoms with Gasteiger partial charge in [0.05, 0.1) is 29.4 Å². The van der Waals surface area contributed by atoms with Crippen LogP contribution in [0.1, 0.15) is 66.6 Å². The predicted molar refractivity (Wildman–Crippen MR) is 143 cm³/mol. The lowest BCUT2D eigenvalue weighted by Gasteiger charge is -2.33. The number of anilines is 1. The summed E-state index contributed by atoms with van der Waals surface area (Å²) >= 11 is 6.09. The summed E-state index contributed by atoms with van der Waals surface area (Å²) in [6.45, 7) is 7.47. The van der Waals surface area contributed by atoms with Crippen LogP contribution < -0.4 is 21.1 Å². The van der Waals surface area contributed by atoms with Crippen molar-refractivity contribution < 1.29 is 19.4 Å². The van der Waals surface area contributed by atoms with Crippen LogP contribution >= 0.6 is 11.6 Å². The van der Waals surface area contributed by atoms with Crippen LogP contribution in [0.4, 0.5) is 10.5 Å². The van der Waals surface area contributed by atoms with Gasteiger partial charge in [0.1, 0.15) is 5.75 Å². The van der Waals surface area contributed by atoms with E-state index >= 15 is 0 Å². The van der Waals surface area contributed by atoms with Crippen LogP contribution in [-0.4, -0.2) is 55.3 Å². The van der Waals surface area contributed by atoms with Gasteiger partial charge >= 0.3 is 6.09 Å². The van der Waals surface area contributed by atoms with E-state index in [2.05, 4.69) is 41.5 Å².